The first-order valence-corrected chi connectivity index (χ1v) is 8.53. The SMILES string of the molecule is C/C(N)=N/N(c1cc(Cl)ccc1Cl)n1cc(-c2cc(F)c(Cl)c(F)c2)nn1. The van der Waals surface area contributed by atoms with Crippen molar-refractivity contribution in [2.75, 3.05) is 5.12 Å². The van der Waals surface area contributed by atoms with Gasteiger partial charge in [-0.3, -0.25) is 0 Å². The van der Waals surface area contributed by atoms with Crippen LogP contribution >= 0.6 is 34.8 Å². The Morgan fingerprint density at radius 2 is 1.81 bits per heavy atom. The van der Waals surface area contributed by atoms with Gasteiger partial charge in [-0.25, -0.2) is 8.78 Å². The predicted octanol–water partition coefficient (Wildman–Crippen LogP) is 4.75. The van der Waals surface area contributed by atoms with E-state index in [1.54, 1.807) is 25.1 Å². The third-order valence-corrected chi connectivity index (χ3v) is 4.25. The largest absolute Gasteiger partial charge is 0.386 e. The van der Waals surface area contributed by atoms with Gasteiger partial charge in [0.25, 0.3) is 0 Å². The number of hydrogen-bond donors (Lipinski definition) is 1. The highest BCUT2D eigenvalue weighted by molar-refractivity contribution is 6.35. The third kappa shape index (κ3) is 4.13. The van der Waals surface area contributed by atoms with Gasteiger partial charge < -0.3 is 5.73 Å². The molecule has 0 aliphatic carbocycles. The van der Waals surface area contributed by atoms with Gasteiger partial charge in [-0.1, -0.05) is 34.8 Å². The number of amidine groups is 1. The molecule has 140 valence electrons. The van der Waals surface area contributed by atoms with Crippen molar-refractivity contribution in [3.05, 3.63) is 63.2 Å². The minimum Gasteiger partial charge on any atom is -0.386 e. The van der Waals surface area contributed by atoms with E-state index in [2.05, 4.69) is 15.4 Å². The van der Waals surface area contributed by atoms with Crippen molar-refractivity contribution in [2.24, 2.45) is 10.8 Å². The van der Waals surface area contributed by atoms with E-state index in [0.29, 0.717) is 15.7 Å². The quantitative estimate of drug-likeness (QED) is 0.280. The summed E-state index contributed by atoms with van der Waals surface area (Å²) in [5.74, 6) is -1.62. The zero-order chi connectivity index (χ0) is 19.7. The minimum atomic E-state index is -0.910. The molecule has 0 atom stereocenters. The molecule has 0 aliphatic heterocycles. The van der Waals surface area contributed by atoms with Crippen LogP contribution in [0.5, 0.6) is 0 Å². The number of halogens is 5. The summed E-state index contributed by atoms with van der Waals surface area (Å²) >= 11 is 17.8. The number of rotatable bonds is 4. The van der Waals surface area contributed by atoms with E-state index in [9.17, 15) is 8.78 Å². The highest BCUT2D eigenvalue weighted by atomic mass is 35.5. The Bertz CT molecular complexity index is 1010. The summed E-state index contributed by atoms with van der Waals surface area (Å²) in [6.07, 6.45) is 1.39. The van der Waals surface area contributed by atoms with E-state index in [-0.39, 0.29) is 17.1 Å². The van der Waals surface area contributed by atoms with Crippen LogP contribution in [-0.4, -0.2) is 20.9 Å². The topological polar surface area (TPSA) is 72.3 Å². The lowest BCUT2D eigenvalue weighted by Crippen LogP contribution is -2.28. The van der Waals surface area contributed by atoms with E-state index in [0.717, 1.165) is 12.1 Å². The average Bonchev–Trinajstić information content (AvgIpc) is 3.09. The maximum absolute atomic E-state index is 13.7. The molecule has 11 heteroatoms. The van der Waals surface area contributed by atoms with Gasteiger partial charge in [0, 0.05) is 10.6 Å². The molecule has 6 nitrogen and oxygen atoms in total. The summed E-state index contributed by atoms with van der Waals surface area (Å²) in [7, 11) is 0. The van der Waals surface area contributed by atoms with E-state index >= 15 is 0 Å². The summed E-state index contributed by atoms with van der Waals surface area (Å²) in [6.45, 7) is 1.56. The van der Waals surface area contributed by atoms with Crippen molar-refractivity contribution >= 4 is 46.3 Å². The van der Waals surface area contributed by atoms with Gasteiger partial charge in [-0.05, 0) is 42.5 Å². The molecule has 0 saturated carbocycles. The van der Waals surface area contributed by atoms with E-state index in [4.69, 9.17) is 40.5 Å². The fourth-order valence-corrected chi connectivity index (χ4v) is 2.65. The molecule has 0 unspecified atom stereocenters. The van der Waals surface area contributed by atoms with Gasteiger partial charge in [0.2, 0.25) is 0 Å². The Morgan fingerprint density at radius 3 is 2.44 bits per heavy atom. The smallest absolute Gasteiger partial charge is 0.145 e. The molecule has 0 bridgehead atoms. The monoisotopic (exact) mass is 430 g/mol. The Kier molecular flexibility index (Phi) is 5.50. The van der Waals surface area contributed by atoms with Gasteiger partial charge in [0.1, 0.15) is 33.9 Å². The second-order valence-corrected chi connectivity index (χ2v) is 6.63. The molecule has 0 radical (unpaired) electrons. The first-order valence-electron chi connectivity index (χ1n) is 7.39. The van der Waals surface area contributed by atoms with Crippen LogP contribution in [0.15, 0.2) is 41.6 Å². The molecule has 3 rings (SSSR count). The molecule has 2 N–H and O–H groups in total. The lowest BCUT2D eigenvalue weighted by atomic mass is 10.1. The zero-order valence-electron chi connectivity index (χ0n) is 13.7. The highest BCUT2D eigenvalue weighted by Crippen LogP contribution is 2.31. The van der Waals surface area contributed by atoms with Crippen LogP contribution < -0.4 is 10.9 Å². The molecular weight excluding hydrogens is 421 g/mol. The molecule has 0 aliphatic rings. The van der Waals surface area contributed by atoms with Crippen LogP contribution in [0.4, 0.5) is 14.5 Å². The Hall–Kier alpha value is -2.42. The number of anilines is 1. The molecular formula is C16H11Cl3F2N6. The maximum atomic E-state index is 13.7. The predicted molar refractivity (Wildman–Crippen MR) is 102 cm³/mol. The fourth-order valence-electron chi connectivity index (χ4n) is 2.18. The standard InChI is InChI=1S/C16H11Cl3F2N6/c1-8(22)24-27(15-6-10(17)2-3-11(15)18)26-7-14(23-25-26)9-4-12(20)16(19)13(21)5-9/h2-7H,1H3,(H2,22,24). The zero-order valence-corrected chi connectivity index (χ0v) is 15.9. The van der Waals surface area contributed by atoms with Crippen LogP contribution in [0.1, 0.15) is 6.92 Å². The third-order valence-electron chi connectivity index (χ3n) is 3.33. The van der Waals surface area contributed by atoms with Crippen molar-refractivity contribution < 1.29 is 8.78 Å². The lowest BCUT2D eigenvalue weighted by molar-refractivity contribution is 0.585. The number of hydrogen-bond acceptors (Lipinski definition) is 4. The molecule has 2 aromatic carbocycles. The van der Waals surface area contributed by atoms with Crippen molar-refractivity contribution in [1.82, 2.24) is 15.1 Å². The van der Waals surface area contributed by atoms with Crippen molar-refractivity contribution in [1.29, 1.82) is 0 Å². The highest BCUT2D eigenvalue weighted by Gasteiger charge is 2.17. The molecule has 27 heavy (non-hydrogen) atoms. The molecule has 0 spiro atoms. The van der Waals surface area contributed by atoms with Crippen LogP contribution in [0.2, 0.25) is 15.1 Å². The number of nitrogens with zero attached hydrogens (tertiary/aromatic N) is 5. The fraction of sp³-hybridized carbons (Fsp3) is 0.0625. The van der Waals surface area contributed by atoms with Crippen molar-refractivity contribution in [2.45, 2.75) is 6.92 Å². The number of benzene rings is 2. The molecule has 0 fully saturated rings. The Morgan fingerprint density at radius 1 is 1.15 bits per heavy atom. The van der Waals surface area contributed by atoms with Gasteiger partial charge in [-0.15, -0.1) is 20.1 Å². The van der Waals surface area contributed by atoms with E-state index in [1.807, 2.05) is 0 Å². The molecule has 0 amide bonds. The summed E-state index contributed by atoms with van der Waals surface area (Å²) in [6, 6.07) is 6.84. The molecule has 1 heterocycles. The Balaban J connectivity index is 2.08. The Labute approximate surface area is 167 Å². The van der Waals surface area contributed by atoms with Crippen LogP contribution in [0, 0.1) is 11.6 Å². The van der Waals surface area contributed by atoms with Crippen LogP contribution in [0.3, 0.4) is 0 Å². The molecule has 0 saturated heterocycles. The number of hydrazone groups is 1. The van der Waals surface area contributed by atoms with Gasteiger partial charge >= 0.3 is 0 Å². The van der Waals surface area contributed by atoms with Gasteiger partial charge in [-0.2, -0.15) is 0 Å². The second-order valence-electron chi connectivity index (χ2n) is 5.40. The minimum absolute atomic E-state index is 0.145. The number of nitrogens with two attached hydrogens (primary N) is 1. The molecule has 3 aromatic rings. The lowest BCUT2D eigenvalue weighted by Gasteiger charge is -2.19. The summed E-state index contributed by atoms with van der Waals surface area (Å²) in [4.78, 5) is 1.20. The van der Waals surface area contributed by atoms with E-state index < -0.39 is 16.7 Å². The van der Waals surface area contributed by atoms with Gasteiger partial charge in [0.15, 0.2) is 0 Å². The van der Waals surface area contributed by atoms with Crippen molar-refractivity contribution in [3.8, 4) is 11.3 Å². The molecule has 1 aromatic heterocycles. The first kappa shape index (κ1) is 19.3. The van der Waals surface area contributed by atoms with Gasteiger partial charge in [0.05, 0.1) is 11.2 Å². The maximum Gasteiger partial charge on any atom is 0.145 e. The summed E-state index contributed by atoms with van der Waals surface area (Å²) < 4.78 is 27.4. The summed E-state index contributed by atoms with van der Waals surface area (Å²) in [5, 5.41) is 13.4. The van der Waals surface area contributed by atoms with Crippen LogP contribution in [0.25, 0.3) is 11.3 Å². The van der Waals surface area contributed by atoms with E-state index in [1.165, 1.54) is 16.1 Å². The average molecular weight is 432 g/mol. The normalized spacial score (nSPS) is 11.7. The van der Waals surface area contributed by atoms with Crippen LogP contribution in [-0.2, 0) is 0 Å². The second kappa shape index (κ2) is 7.67. The van der Waals surface area contributed by atoms with Crippen molar-refractivity contribution in [3.63, 3.8) is 0 Å². The number of aromatic nitrogens is 3. The summed E-state index contributed by atoms with van der Waals surface area (Å²) in [5.41, 5.74) is 6.38. The first-order chi connectivity index (χ1) is 12.8.